The van der Waals surface area contributed by atoms with Gasteiger partial charge in [-0.15, -0.1) is 0 Å². The molecule has 39 heavy (non-hydrogen) atoms. The molecule has 0 fully saturated rings. The third-order valence-electron chi connectivity index (χ3n) is 5.77. The number of aromatic nitrogens is 2. The maximum atomic E-state index is 11.3. The Labute approximate surface area is 236 Å². The van der Waals surface area contributed by atoms with Crippen molar-refractivity contribution < 1.29 is 10.2 Å². The van der Waals surface area contributed by atoms with Gasteiger partial charge in [-0.25, -0.2) is 0 Å². The summed E-state index contributed by atoms with van der Waals surface area (Å²) in [6, 6.07) is 36.2. The van der Waals surface area contributed by atoms with Crippen molar-refractivity contribution in [1.82, 2.24) is 9.97 Å². The fraction of sp³-hybridized carbons (Fsp3) is 0.0625. The SMILES string of the molecule is Cc1ccc2cccc([O-])c2n1.Cc1ccc2cccc([O-])c2n1.[Al+2][N]=Nc1cccc(-c2ccccc2)c1. The van der Waals surface area contributed by atoms with Gasteiger partial charge in [0.2, 0.25) is 0 Å². The molecule has 0 aliphatic heterocycles. The first-order valence-corrected chi connectivity index (χ1v) is 12.8. The van der Waals surface area contributed by atoms with Crippen LogP contribution in [0.5, 0.6) is 11.5 Å². The average Bonchev–Trinajstić information content (AvgIpc) is 2.96. The van der Waals surface area contributed by atoms with E-state index in [1.807, 2.05) is 86.6 Å². The zero-order valence-corrected chi connectivity index (χ0v) is 22.8. The summed E-state index contributed by atoms with van der Waals surface area (Å²) >= 11 is 2.23. The predicted molar refractivity (Wildman–Crippen MR) is 154 cm³/mol. The minimum atomic E-state index is -0.00352. The quantitative estimate of drug-likeness (QED) is 0.185. The normalized spacial score (nSPS) is 10.6. The van der Waals surface area contributed by atoms with Crippen molar-refractivity contribution in [3.63, 3.8) is 0 Å². The summed E-state index contributed by atoms with van der Waals surface area (Å²) in [6.07, 6.45) is 0. The molecule has 0 spiro atoms. The first kappa shape index (κ1) is 27.5. The standard InChI is InChI=1S/C12H9N2.2C10H9NO.Al/c13-14-12-8-4-7-11(9-12)10-5-2-1-3-6-10;2*1-7-5-6-8-3-2-4-9(12)10(8)11-7;/h1-9H;2*2-6,12H,1H3;/q-1;;;+3/p-2. The number of rotatable bonds is 2. The summed E-state index contributed by atoms with van der Waals surface area (Å²) in [4.78, 5) is 8.33. The van der Waals surface area contributed by atoms with E-state index in [-0.39, 0.29) is 11.5 Å². The molecule has 0 aliphatic carbocycles. The Morgan fingerprint density at radius 3 is 1.62 bits per heavy atom. The first-order valence-electron chi connectivity index (χ1n) is 12.3. The van der Waals surface area contributed by atoms with Crippen LogP contribution in [0.15, 0.2) is 124 Å². The first-order chi connectivity index (χ1) is 18.9. The van der Waals surface area contributed by atoms with Gasteiger partial charge in [-0.05, 0) is 36.8 Å². The van der Waals surface area contributed by atoms with Gasteiger partial charge in [0.05, 0.1) is 11.0 Å². The van der Waals surface area contributed by atoms with E-state index in [1.165, 1.54) is 17.7 Å². The molecule has 2 heterocycles. The van der Waals surface area contributed by atoms with Gasteiger partial charge in [0.15, 0.2) is 0 Å². The Hall–Kier alpha value is -4.57. The van der Waals surface area contributed by atoms with Crippen molar-refractivity contribution in [3.8, 4) is 22.6 Å². The van der Waals surface area contributed by atoms with Crippen LogP contribution in [0.4, 0.5) is 5.69 Å². The number of hydrogen-bond donors (Lipinski definition) is 0. The van der Waals surface area contributed by atoms with E-state index in [0.29, 0.717) is 11.0 Å². The van der Waals surface area contributed by atoms with Crippen molar-refractivity contribution >= 4 is 44.0 Å². The van der Waals surface area contributed by atoms with E-state index in [0.717, 1.165) is 33.4 Å². The molecule has 0 saturated carbocycles. The minimum absolute atomic E-state index is 0.00352. The molecule has 188 valence electrons. The van der Waals surface area contributed by atoms with Crippen molar-refractivity contribution in [2.75, 3.05) is 0 Å². The third-order valence-corrected chi connectivity index (χ3v) is 5.89. The van der Waals surface area contributed by atoms with Crippen molar-refractivity contribution in [2.24, 2.45) is 9.21 Å². The van der Waals surface area contributed by atoms with Gasteiger partial charge in [-0.2, -0.15) is 0 Å². The van der Waals surface area contributed by atoms with Crippen LogP contribution in [-0.4, -0.2) is 26.5 Å². The zero-order valence-electron chi connectivity index (χ0n) is 21.7. The van der Waals surface area contributed by atoms with E-state index in [9.17, 15) is 10.2 Å². The van der Waals surface area contributed by atoms with Gasteiger partial charge in [0.1, 0.15) is 0 Å². The molecule has 0 N–H and O–H groups in total. The number of pyridine rings is 2. The molecular weight excluding hydrogens is 499 g/mol. The molecule has 0 atom stereocenters. The fourth-order valence-corrected chi connectivity index (χ4v) is 4.01. The monoisotopic (exact) mass is 524 g/mol. The molecule has 0 radical (unpaired) electrons. The molecular formula is C32H25AlN4O2. The Morgan fingerprint density at radius 2 is 1.08 bits per heavy atom. The molecule has 7 heteroatoms. The summed E-state index contributed by atoms with van der Waals surface area (Å²) in [5, 5.41) is 28.3. The number of hydrogen-bond acceptors (Lipinski definition) is 6. The van der Waals surface area contributed by atoms with Crippen molar-refractivity contribution in [3.05, 3.63) is 127 Å². The van der Waals surface area contributed by atoms with Gasteiger partial charge in [-0.3, -0.25) is 9.97 Å². The molecule has 0 unspecified atom stereocenters. The van der Waals surface area contributed by atoms with Gasteiger partial charge < -0.3 is 10.2 Å². The predicted octanol–water partition coefficient (Wildman–Crippen LogP) is 6.75. The summed E-state index contributed by atoms with van der Waals surface area (Å²) < 4.78 is 3.68. The average molecular weight is 525 g/mol. The Morgan fingerprint density at radius 1 is 0.564 bits per heavy atom. The van der Waals surface area contributed by atoms with Crippen LogP contribution >= 0.6 is 0 Å². The van der Waals surface area contributed by atoms with E-state index < -0.39 is 0 Å². The third kappa shape index (κ3) is 7.48. The topological polar surface area (TPSA) is 96.6 Å². The van der Waals surface area contributed by atoms with Crippen LogP contribution in [-0.2, 0) is 0 Å². The van der Waals surface area contributed by atoms with Crippen molar-refractivity contribution in [1.29, 1.82) is 0 Å². The molecule has 6 nitrogen and oxygen atoms in total. The molecule has 6 rings (SSSR count). The maximum absolute atomic E-state index is 11.3. The van der Waals surface area contributed by atoms with Gasteiger partial charge in [0.25, 0.3) is 0 Å². The second-order valence-electron chi connectivity index (χ2n) is 8.69. The van der Waals surface area contributed by atoms with E-state index in [2.05, 4.69) is 53.9 Å². The van der Waals surface area contributed by atoms with Crippen LogP contribution in [0.1, 0.15) is 11.4 Å². The van der Waals surface area contributed by atoms with E-state index in [1.54, 1.807) is 12.1 Å². The van der Waals surface area contributed by atoms with Gasteiger partial charge in [0, 0.05) is 11.4 Å². The summed E-state index contributed by atoms with van der Waals surface area (Å²) in [5.74, 6) is -0.00704. The number of aryl methyl sites for hydroxylation is 2. The Kier molecular flexibility index (Phi) is 9.36. The van der Waals surface area contributed by atoms with Crippen LogP contribution < -0.4 is 10.2 Å². The van der Waals surface area contributed by atoms with Crippen molar-refractivity contribution in [2.45, 2.75) is 13.8 Å². The summed E-state index contributed by atoms with van der Waals surface area (Å²) in [5.41, 5.74) is 6.11. The number of nitrogens with zero attached hydrogens (tertiary/aromatic N) is 4. The molecule has 0 bridgehead atoms. The molecule has 6 aromatic rings. The molecule has 0 saturated heterocycles. The number of benzene rings is 4. The van der Waals surface area contributed by atoms with Crippen LogP contribution in [0.2, 0.25) is 0 Å². The van der Waals surface area contributed by atoms with E-state index >= 15 is 0 Å². The fourth-order valence-electron chi connectivity index (χ4n) is 3.88. The van der Waals surface area contributed by atoms with Crippen LogP contribution in [0, 0.1) is 13.8 Å². The van der Waals surface area contributed by atoms with Crippen LogP contribution in [0.3, 0.4) is 0 Å². The Balaban J connectivity index is 0.000000137. The van der Waals surface area contributed by atoms with Crippen LogP contribution in [0.25, 0.3) is 32.9 Å². The zero-order chi connectivity index (χ0) is 27.6. The molecule has 0 amide bonds. The summed E-state index contributed by atoms with van der Waals surface area (Å²) in [6.45, 7) is 3.76. The molecule has 2 aromatic heterocycles. The second kappa shape index (κ2) is 13.3. The number of para-hydroxylation sites is 2. The number of fused-ring (bicyclic) bond motifs is 2. The van der Waals surface area contributed by atoms with E-state index in [4.69, 9.17) is 0 Å². The van der Waals surface area contributed by atoms with Gasteiger partial charge in [-0.1, -0.05) is 60.0 Å². The molecule has 4 aromatic carbocycles. The second-order valence-corrected chi connectivity index (χ2v) is 8.92. The summed E-state index contributed by atoms with van der Waals surface area (Å²) in [7, 11) is 0. The van der Waals surface area contributed by atoms with Gasteiger partial charge >= 0.3 is 97.1 Å². The Bertz CT molecular complexity index is 1640. The molecule has 0 aliphatic rings.